The van der Waals surface area contributed by atoms with Gasteiger partial charge in [0.2, 0.25) is 0 Å². The van der Waals surface area contributed by atoms with Gasteiger partial charge < -0.3 is 14.7 Å². The van der Waals surface area contributed by atoms with Gasteiger partial charge in [0.15, 0.2) is 6.04 Å². The number of ether oxygens (including phenoxy) is 1. The van der Waals surface area contributed by atoms with E-state index in [0.717, 1.165) is 17.9 Å². The Balaban J connectivity index is 1.83. The van der Waals surface area contributed by atoms with E-state index in [0.29, 0.717) is 18.0 Å². The summed E-state index contributed by atoms with van der Waals surface area (Å²) in [5.74, 6) is 0.862. The molecule has 5 nitrogen and oxygen atoms in total. The van der Waals surface area contributed by atoms with Crippen LogP contribution in [0.15, 0.2) is 6.07 Å². The van der Waals surface area contributed by atoms with Crippen LogP contribution in [-0.4, -0.2) is 53.4 Å². The van der Waals surface area contributed by atoms with E-state index in [9.17, 15) is 14.7 Å². The predicted octanol–water partition coefficient (Wildman–Crippen LogP) is 1.46. The summed E-state index contributed by atoms with van der Waals surface area (Å²) in [6.45, 7) is 0.811. The molecule has 2 aliphatic rings. The SMILES string of the molecule is O=C(O)C1COCCN1C(=O)c1cc2c(s1)CCSC2. The van der Waals surface area contributed by atoms with Crippen LogP contribution in [0.1, 0.15) is 20.1 Å². The minimum absolute atomic E-state index is 0.0714. The molecule has 108 valence electrons. The van der Waals surface area contributed by atoms with Crippen molar-refractivity contribution in [3.8, 4) is 0 Å². The normalized spacial score (nSPS) is 22.4. The molecule has 1 unspecified atom stereocenters. The van der Waals surface area contributed by atoms with Crippen molar-refractivity contribution in [3.05, 3.63) is 21.4 Å². The number of hydrogen-bond acceptors (Lipinski definition) is 5. The largest absolute Gasteiger partial charge is 0.480 e. The quantitative estimate of drug-likeness (QED) is 0.895. The molecule has 0 radical (unpaired) electrons. The number of thiophene rings is 1. The van der Waals surface area contributed by atoms with Gasteiger partial charge in [0, 0.05) is 17.2 Å². The zero-order chi connectivity index (χ0) is 14.1. The van der Waals surface area contributed by atoms with Crippen LogP contribution in [0.4, 0.5) is 0 Å². The van der Waals surface area contributed by atoms with Gasteiger partial charge in [-0.3, -0.25) is 4.79 Å². The fourth-order valence-electron chi connectivity index (χ4n) is 2.45. The Morgan fingerprint density at radius 1 is 1.45 bits per heavy atom. The van der Waals surface area contributed by atoms with Crippen molar-refractivity contribution in [1.82, 2.24) is 4.90 Å². The lowest BCUT2D eigenvalue weighted by Crippen LogP contribution is -2.52. The zero-order valence-electron chi connectivity index (χ0n) is 10.8. The second-order valence-electron chi connectivity index (χ2n) is 4.79. The van der Waals surface area contributed by atoms with E-state index in [1.54, 1.807) is 0 Å². The van der Waals surface area contributed by atoms with Gasteiger partial charge in [-0.05, 0) is 23.8 Å². The number of thioether (sulfide) groups is 1. The molecule has 1 saturated heterocycles. The number of carbonyl (C=O) groups excluding carboxylic acids is 1. The molecule has 1 atom stereocenters. The fraction of sp³-hybridized carbons (Fsp3) is 0.538. The van der Waals surface area contributed by atoms with Crippen molar-refractivity contribution < 1.29 is 19.4 Å². The third-order valence-electron chi connectivity index (χ3n) is 3.51. The van der Waals surface area contributed by atoms with Crippen molar-refractivity contribution in [2.45, 2.75) is 18.2 Å². The van der Waals surface area contributed by atoms with Crippen LogP contribution in [0.2, 0.25) is 0 Å². The van der Waals surface area contributed by atoms with Gasteiger partial charge in [-0.2, -0.15) is 11.8 Å². The molecule has 0 bridgehead atoms. The summed E-state index contributed by atoms with van der Waals surface area (Å²) < 4.78 is 5.17. The van der Waals surface area contributed by atoms with E-state index in [1.165, 1.54) is 26.7 Å². The van der Waals surface area contributed by atoms with E-state index in [-0.39, 0.29) is 12.5 Å². The van der Waals surface area contributed by atoms with Gasteiger partial charge in [0.25, 0.3) is 5.91 Å². The maximum absolute atomic E-state index is 12.5. The molecular formula is C13H15NO4S2. The standard InChI is InChI=1S/C13H15NO4S2/c15-12(14-2-3-18-6-9(14)13(16)17)11-5-8-7-19-4-1-10(8)20-11/h5,9H,1-4,6-7H2,(H,16,17). The molecule has 7 heteroatoms. The van der Waals surface area contributed by atoms with Crippen molar-refractivity contribution in [3.63, 3.8) is 0 Å². The van der Waals surface area contributed by atoms with E-state index < -0.39 is 12.0 Å². The lowest BCUT2D eigenvalue weighted by molar-refractivity contribution is -0.147. The molecule has 20 heavy (non-hydrogen) atoms. The number of fused-ring (bicyclic) bond motifs is 1. The van der Waals surface area contributed by atoms with E-state index in [4.69, 9.17) is 4.74 Å². The summed E-state index contributed by atoms with van der Waals surface area (Å²) in [4.78, 5) is 27.1. The first-order valence-electron chi connectivity index (χ1n) is 6.47. The Hall–Kier alpha value is -1.05. The summed E-state index contributed by atoms with van der Waals surface area (Å²) >= 11 is 3.38. The van der Waals surface area contributed by atoms with Crippen LogP contribution in [0.3, 0.4) is 0 Å². The molecule has 2 aliphatic heterocycles. The Kier molecular flexibility index (Phi) is 4.00. The van der Waals surface area contributed by atoms with Crippen molar-refractivity contribution >= 4 is 35.0 Å². The van der Waals surface area contributed by atoms with Crippen molar-refractivity contribution in [2.24, 2.45) is 0 Å². The molecule has 0 saturated carbocycles. The Labute approximate surface area is 124 Å². The molecule has 1 aromatic heterocycles. The molecule has 0 spiro atoms. The van der Waals surface area contributed by atoms with Crippen LogP contribution >= 0.6 is 23.1 Å². The third-order valence-corrected chi connectivity index (χ3v) is 5.75. The zero-order valence-corrected chi connectivity index (χ0v) is 12.5. The van der Waals surface area contributed by atoms with Crippen LogP contribution < -0.4 is 0 Å². The Morgan fingerprint density at radius 3 is 3.05 bits per heavy atom. The molecule has 1 aromatic rings. The molecule has 1 amide bonds. The van der Waals surface area contributed by atoms with Crippen molar-refractivity contribution in [2.75, 3.05) is 25.5 Å². The highest BCUT2D eigenvalue weighted by Gasteiger charge is 2.34. The van der Waals surface area contributed by atoms with Crippen LogP contribution in [0.25, 0.3) is 0 Å². The van der Waals surface area contributed by atoms with Crippen LogP contribution in [-0.2, 0) is 21.7 Å². The maximum atomic E-state index is 12.5. The van der Waals surface area contributed by atoms with Gasteiger partial charge >= 0.3 is 5.97 Å². The molecule has 0 aliphatic carbocycles. The summed E-state index contributed by atoms with van der Waals surface area (Å²) in [5, 5.41) is 9.19. The number of aryl methyl sites for hydroxylation is 1. The van der Waals surface area contributed by atoms with Crippen LogP contribution in [0.5, 0.6) is 0 Å². The molecular weight excluding hydrogens is 298 g/mol. The lowest BCUT2D eigenvalue weighted by Gasteiger charge is -2.32. The number of nitrogens with zero attached hydrogens (tertiary/aromatic N) is 1. The predicted molar refractivity (Wildman–Crippen MR) is 77.5 cm³/mol. The minimum atomic E-state index is -1.00. The van der Waals surface area contributed by atoms with Gasteiger partial charge in [0.05, 0.1) is 18.1 Å². The van der Waals surface area contributed by atoms with Gasteiger partial charge in [-0.1, -0.05) is 0 Å². The summed E-state index contributed by atoms with van der Waals surface area (Å²) in [7, 11) is 0. The van der Waals surface area contributed by atoms with Gasteiger partial charge in [0.1, 0.15) is 0 Å². The number of rotatable bonds is 2. The average Bonchev–Trinajstić information content (AvgIpc) is 2.90. The minimum Gasteiger partial charge on any atom is -0.480 e. The first-order chi connectivity index (χ1) is 9.66. The summed E-state index contributed by atoms with van der Waals surface area (Å²) in [6.07, 6.45) is 1.00. The van der Waals surface area contributed by atoms with Crippen molar-refractivity contribution in [1.29, 1.82) is 0 Å². The number of carboxylic acids is 1. The van der Waals surface area contributed by atoms with E-state index in [1.807, 2.05) is 17.8 Å². The van der Waals surface area contributed by atoms with Gasteiger partial charge in [-0.15, -0.1) is 11.3 Å². The second kappa shape index (κ2) is 5.75. The second-order valence-corrected chi connectivity index (χ2v) is 7.03. The van der Waals surface area contributed by atoms with Crippen LogP contribution in [0, 0.1) is 0 Å². The maximum Gasteiger partial charge on any atom is 0.328 e. The topological polar surface area (TPSA) is 66.8 Å². The molecule has 3 heterocycles. The Morgan fingerprint density at radius 2 is 2.30 bits per heavy atom. The monoisotopic (exact) mass is 313 g/mol. The van der Waals surface area contributed by atoms with E-state index >= 15 is 0 Å². The third kappa shape index (κ3) is 2.57. The smallest absolute Gasteiger partial charge is 0.328 e. The Bertz CT molecular complexity index is 519. The summed E-state index contributed by atoms with van der Waals surface area (Å²) in [5.41, 5.74) is 1.23. The van der Waals surface area contributed by atoms with Gasteiger partial charge in [-0.25, -0.2) is 4.79 Å². The molecule has 3 rings (SSSR count). The fourth-order valence-corrected chi connectivity index (χ4v) is 4.77. The first-order valence-corrected chi connectivity index (χ1v) is 8.45. The lowest BCUT2D eigenvalue weighted by atomic mass is 10.2. The number of morpholine rings is 1. The van der Waals surface area contributed by atoms with E-state index in [2.05, 4.69) is 0 Å². The molecule has 1 N–H and O–H groups in total. The summed E-state index contributed by atoms with van der Waals surface area (Å²) in [6, 6.07) is 1.06. The molecule has 0 aromatic carbocycles. The number of carboxylic acid groups (broad SMARTS) is 1. The highest BCUT2D eigenvalue weighted by molar-refractivity contribution is 7.98. The average molecular weight is 313 g/mol. The number of aliphatic carboxylic acids is 1. The number of amides is 1. The number of carbonyl (C=O) groups is 2. The number of hydrogen-bond donors (Lipinski definition) is 1. The first kappa shape index (κ1) is 13.9. The highest BCUT2D eigenvalue weighted by Crippen LogP contribution is 2.32. The highest BCUT2D eigenvalue weighted by atomic mass is 32.2. The molecule has 1 fully saturated rings.